The molecule has 0 saturated heterocycles. The van der Waals surface area contributed by atoms with E-state index in [0.29, 0.717) is 0 Å². The van der Waals surface area contributed by atoms with Crippen LogP contribution in [0.5, 0.6) is 0 Å². The van der Waals surface area contributed by atoms with Gasteiger partial charge in [0.1, 0.15) is 0 Å². The van der Waals surface area contributed by atoms with Crippen LogP contribution in [0.25, 0.3) is 18.2 Å². The summed E-state index contributed by atoms with van der Waals surface area (Å²) >= 11 is 0. The van der Waals surface area contributed by atoms with Crippen molar-refractivity contribution in [3.05, 3.63) is 75.7 Å². The molecule has 2 aromatic carbocycles. The molecule has 0 radical (unpaired) electrons. The van der Waals surface area contributed by atoms with Gasteiger partial charge >= 0.3 is 0 Å². The van der Waals surface area contributed by atoms with Gasteiger partial charge in [0.25, 0.3) is 0 Å². The first kappa shape index (κ1) is 19.9. The van der Waals surface area contributed by atoms with Crippen molar-refractivity contribution in [2.24, 2.45) is 0 Å². The summed E-state index contributed by atoms with van der Waals surface area (Å²) in [7, 11) is 0. The van der Waals surface area contributed by atoms with Crippen LogP contribution in [0.15, 0.2) is 48.5 Å². The van der Waals surface area contributed by atoms with Gasteiger partial charge in [-0.3, -0.25) is 0 Å². The summed E-state index contributed by atoms with van der Waals surface area (Å²) in [6, 6.07) is 14.9. The number of rotatable bonds is 2. The Labute approximate surface area is 136 Å². The van der Waals surface area contributed by atoms with Gasteiger partial charge in [-0.2, -0.15) is 0 Å². The Hall–Kier alpha value is -2.08. The molecule has 0 amide bonds. The molecule has 0 saturated carbocycles. The van der Waals surface area contributed by atoms with Gasteiger partial charge in [0.15, 0.2) is 0 Å². The molecule has 22 heavy (non-hydrogen) atoms. The first-order chi connectivity index (χ1) is 10.1. The number of allylic oxidation sites excluding steroid dienone is 2. The summed E-state index contributed by atoms with van der Waals surface area (Å²) in [6.45, 7) is 14.4. The van der Waals surface area contributed by atoms with Crippen LogP contribution in [0.4, 0.5) is 0 Å². The van der Waals surface area contributed by atoms with Crippen molar-refractivity contribution in [2.45, 2.75) is 42.0 Å². The summed E-state index contributed by atoms with van der Waals surface area (Å²) in [6.07, 6.45) is 4.30. The average Bonchev–Trinajstić information content (AvgIpc) is 2.50. The molecule has 0 heteroatoms. The van der Waals surface area contributed by atoms with Gasteiger partial charge in [-0.15, -0.1) is 0 Å². The summed E-state index contributed by atoms with van der Waals surface area (Å²) in [5.41, 5.74) is 5.08. The molecule has 0 aliphatic heterocycles. The van der Waals surface area contributed by atoms with Crippen molar-refractivity contribution < 1.29 is 0 Å². The SMILES string of the molecule is C.C=c1ccc(C)c/c1=C/C=C(\C)c1ccc(C)cc1.CC. The standard InChI is InChI=1S/C19H20.C2H6.CH4/c1-14-6-10-18(11-7-14)16(3)9-12-19-13-15(2)5-8-17(19)4;1-2;/h5-13H,4H2,1-3H3;1-2H3;1H4/b16-9+,19-12-;;. The first-order valence-electron chi connectivity index (χ1n) is 7.57. The number of hydrogen-bond donors (Lipinski definition) is 0. The first-order valence-corrected chi connectivity index (χ1v) is 7.57. The minimum atomic E-state index is 0. The molecule has 0 N–H and O–H groups in total. The maximum absolute atomic E-state index is 4.06. The van der Waals surface area contributed by atoms with Crippen LogP contribution in [-0.4, -0.2) is 0 Å². The Kier molecular flexibility index (Phi) is 8.86. The molecule has 0 spiro atoms. The van der Waals surface area contributed by atoms with Crippen LogP contribution in [0, 0.1) is 13.8 Å². The van der Waals surface area contributed by atoms with Crippen molar-refractivity contribution in [3.63, 3.8) is 0 Å². The topological polar surface area (TPSA) is 0 Å². The molecule has 0 heterocycles. The lowest BCUT2D eigenvalue weighted by Crippen LogP contribution is -2.22. The molecule has 0 bridgehead atoms. The monoisotopic (exact) mass is 294 g/mol. The van der Waals surface area contributed by atoms with Gasteiger partial charge in [-0.05, 0) is 42.3 Å². The molecular weight excluding hydrogens is 264 g/mol. The van der Waals surface area contributed by atoms with E-state index in [1.807, 2.05) is 13.8 Å². The van der Waals surface area contributed by atoms with E-state index in [4.69, 9.17) is 0 Å². The molecule has 2 rings (SSSR count). The third-order valence-electron chi connectivity index (χ3n) is 3.32. The molecule has 0 fully saturated rings. The van der Waals surface area contributed by atoms with Crippen LogP contribution in [0.2, 0.25) is 0 Å². The minimum absolute atomic E-state index is 0. The summed E-state index contributed by atoms with van der Waals surface area (Å²) in [5.74, 6) is 0. The molecule has 0 aliphatic rings. The predicted molar refractivity (Wildman–Crippen MR) is 103 cm³/mol. The molecule has 0 aliphatic carbocycles. The van der Waals surface area contributed by atoms with E-state index in [1.165, 1.54) is 27.5 Å². The van der Waals surface area contributed by atoms with Crippen molar-refractivity contribution in [3.8, 4) is 0 Å². The van der Waals surface area contributed by atoms with Crippen LogP contribution in [0.1, 0.15) is 44.9 Å². The largest absolute Gasteiger partial charge is 0.0912 e. The third-order valence-corrected chi connectivity index (χ3v) is 3.32. The molecular formula is C22H30. The number of aryl methyl sites for hydroxylation is 2. The zero-order valence-electron chi connectivity index (χ0n) is 13.9. The lowest BCUT2D eigenvalue weighted by molar-refractivity contribution is 1.41. The quantitative estimate of drug-likeness (QED) is 0.708. The number of benzene rings is 2. The van der Waals surface area contributed by atoms with Crippen molar-refractivity contribution in [1.29, 1.82) is 0 Å². The average molecular weight is 294 g/mol. The highest BCUT2D eigenvalue weighted by molar-refractivity contribution is 5.69. The fourth-order valence-corrected chi connectivity index (χ4v) is 2.00. The maximum Gasteiger partial charge on any atom is -0.0187 e. The Morgan fingerprint density at radius 2 is 1.45 bits per heavy atom. The van der Waals surface area contributed by atoms with E-state index in [1.54, 1.807) is 0 Å². The fraction of sp³-hybridized carbons (Fsp3) is 0.273. The van der Waals surface area contributed by atoms with Gasteiger partial charge in [0.05, 0.1) is 0 Å². The second-order valence-electron chi connectivity index (χ2n) is 5.08. The van der Waals surface area contributed by atoms with Gasteiger partial charge < -0.3 is 0 Å². The van der Waals surface area contributed by atoms with Crippen LogP contribution in [0.3, 0.4) is 0 Å². The number of hydrogen-bond acceptors (Lipinski definition) is 0. The molecule has 0 nitrogen and oxygen atoms in total. The minimum Gasteiger partial charge on any atom is -0.0912 e. The van der Waals surface area contributed by atoms with E-state index < -0.39 is 0 Å². The maximum atomic E-state index is 4.06. The zero-order chi connectivity index (χ0) is 15.8. The van der Waals surface area contributed by atoms with E-state index in [2.05, 4.69) is 82.0 Å². The Morgan fingerprint density at radius 1 is 0.909 bits per heavy atom. The van der Waals surface area contributed by atoms with E-state index in [0.717, 1.165) is 5.22 Å². The molecule has 0 aromatic heterocycles. The predicted octanol–water partition coefficient (Wildman–Crippen LogP) is 5.26. The highest BCUT2D eigenvalue weighted by atomic mass is 14.0. The van der Waals surface area contributed by atoms with Gasteiger partial charge in [0, 0.05) is 0 Å². The summed E-state index contributed by atoms with van der Waals surface area (Å²) in [4.78, 5) is 0. The third kappa shape index (κ3) is 5.73. The highest BCUT2D eigenvalue weighted by Crippen LogP contribution is 2.14. The Bertz CT molecular complexity index is 701. The second-order valence-corrected chi connectivity index (χ2v) is 5.08. The second kappa shape index (κ2) is 9.78. The summed E-state index contributed by atoms with van der Waals surface area (Å²) in [5, 5.41) is 2.25. The van der Waals surface area contributed by atoms with E-state index >= 15 is 0 Å². The van der Waals surface area contributed by atoms with Gasteiger partial charge in [0.2, 0.25) is 0 Å². The fourth-order valence-electron chi connectivity index (χ4n) is 2.00. The van der Waals surface area contributed by atoms with Crippen LogP contribution < -0.4 is 10.4 Å². The van der Waals surface area contributed by atoms with Crippen molar-refractivity contribution >= 4 is 18.2 Å². The molecule has 0 unspecified atom stereocenters. The lowest BCUT2D eigenvalue weighted by atomic mass is 10.0. The highest BCUT2D eigenvalue weighted by Gasteiger charge is 1.93. The molecule has 0 atom stereocenters. The molecule has 118 valence electrons. The molecule has 2 aromatic rings. The van der Waals surface area contributed by atoms with Crippen molar-refractivity contribution in [2.75, 3.05) is 0 Å². The zero-order valence-corrected chi connectivity index (χ0v) is 13.9. The van der Waals surface area contributed by atoms with Gasteiger partial charge in [-0.1, -0.05) is 93.6 Å². The smallest absolute Gasteiger partial charge is 0.0187 e. The van der Waals surface area contributed by atoms with Gasteiger partial charge in [-0.25, -0.2) is 0 Å². The van der Waals surface area contributed by atoms with E-state index in [-0.39, 0.29) is 7.43 Å². The van der Waals surface area contributed by atoms with Crippen LogP contribution >= 0.6 is 0 Å². The normalized spacial score (nSPS) is 11.3. The lowest BCUT2D eigenvalue weighted by Gasteiger charge is -2.01. The Morgan fingerprint density at radius 3 is 2.05 bits per heavy atom. The summed E-state index contributed by atoms with van der Waals surface area (Å²) < 4.78 is 0. The van der Waals surface area contributed by atoms with Crippen molar-refractivity contribution in [1.82, 2.24) is 0 Å². The van der Waals surface area contributed by atoms with E-state index in [9.17, 15) is 0 Å². The van der Waals surface area contributed by atoms with Crippen LogP contribution in [-0.2, 0) is 0 Å². The Balaban J connectivity index is 0.00000141.